The summed E-state index contributed by atoms with van der Waals surface area (Å²) >= 11 is 0. The molecular formula is C16H23O10. The zero-order valence-electron chi connectivity index (χ0n) is 15.3. The Morgan fingerprint density at radius 3 is 1.46 bits per heavy atom. The van der Waals surface area contributed by atoms with Crippen molar-refractivity contribution >= 4 is 29.8 Å². The molecule has 147 valence electrons. The maximum Gasteiger partial charge on any atom is 0.303 e. The molecule has 1 radical (unpaired) electrons. The van der Waals surface area contributed by atoms with Crippen LogP contribution in [0.25, 0.3) is 0 Å². The number of carbonyl (C=O) groups excluding carboxylic acids is 5. The lowest BCUT2D eigenvalue weighted by molar-refractivity contribution is -0.199. The van der Waals surface area contributed by atoms with Crippen LogP contribution in [0.3, 0.4) is 0 Å². The largest absolute Gasteiger partial charge is 0.462 e. The summed E-state index contributed by atoms with van der Waals surface area (Å²) in [4.78, 5) is 56.5. The van der Waals surface area contributed by atoms with E-state index in [0.717, 1.165) is 34.6 Å². The lowest BCUT2D eigenvalue weighted by Gasteiger charge is -2.34. The number of hydrogen-bond acceptors (Lipinski definition) is 10. The second kappa shape index (κ2) is 11.1. The zero-order chi connectivity index (χ0) is 20.4. The van der Waals surface area contributed by atoms with Crippen LogP contribution in [-0.2, 0) is 47.7 Å². The van der Waals surface area contributed by atoms with Crippen LogP contribution in [0.4, 0.5) is 0 Å². The lowest BCUT2D eigenvalue weighted by Crippen LogP contribution is -2.52. The Kier molecular flexibility index (Phi) is 9.93. The van der Waals surface area contributed by atoms with Gasteiger partial charge in [0.15, 0.2) is 18.3 Å². The summed E-state index contributed by atoms with van der Waals surface area (Å²) in [5.74, 6) is -3.77. The van der Waals surface area contributed by atoms with E-state index in [2.05, 4.69) is 6.92 Å². The predicted octanol–water partition coefficient (Wildman–Crippen LogP) is 0.110. The molecule has 0 saturated carbocycles. The third kappa shape index (κ3) is 9.60. The highest BCUT2D eigenvalue weighted by Gasteiger charge is 2.42. The van der Waals surface area contributed by atoms with Crippen molar-refractivity contribution in [2.24, 2.45) is 0 Å². The Bertz CT molecular complexity index is 541. The second-order valence-corrected chi connectivity index (χ2v) is 5.25. The topological polar surface area (TPSA) is 132 Å². The minimum absolute atomic E-state index is 0.489. The van der Waals surface area contributed by atoms with Crippen molar-refractivity contribution in [1.82, 2.24) is 0 Å². The smallest absolute Gasteiger partial charge is 0.303 e. The summed E-state index contributed by atoms with van der Waals surface area (Å²) in [6.07, 6.45) is -5.48. The molecule has 0 aromatic carbocycles. The van der Waals surface area contributed by atoms with Crippen LogP contribution in [0.2, 0.25) is 0 Å². The Morgan fingerprint density at radius 2 is 1.08 bits per heavy atom. The van der Waals surface area contributed by atoms with Gasteiger partial charge in [-0.2, -0.15) is 0 Å². The first-order valence-corrected chi connectivity index (χ1v) is 7.59. The summed E-state index contributed by atoms with van der Waals surface area (Å²) in [5, 5.41) is 0. The number of hydrogen-bond donors (Lipinski definition) is 0. The Morgan fingerprint density at radius 1 is 0.654 bits per heavy atom. The van der Waals surface area contributed by atoms with Gasteiger partial charge >= 0.3 is 29.8 Å². The molecular weight excluding hydrogens is 352 g/mol. The van der Waals surface area contributed by atoms with Gasteiger partial charge < -0.3 is 23.7 Å². The summed E-state index contributed by atoms with van der Waals surface area (Å²) in [5.41, 5.74) is 0. The highest BCUT2D eigenvalue weighted by atomic mass is 16.6. The standard InChI is InChI=1S/C16H23O10/c1-8(23-10(3)18)15(25-12(5)20)16(26-13(6)21)14(24-11(4)19)7-22-9(2)17/h8,14-16H,1,7H2,2-6H3/t8-,14+,15+,16+/m0/s1. The van der Waals surface area contributed by atoms with Crippen LogP contribution in [-0.4, -0.2) is 60.9 Å². The lowest BCUT2D eigenvalue weighted by atomic mass is 10.0. The van der Waals surface area contributed by atoms with Crippen LogP contribution >= 0.6 is 0 Å². The molecule has 0 aliphatic rings. The molecule has 0 aliphatic heterocycles. The van der Waals surface area contributed by atoms with Crippen LogP contribution in [0.1, 0.15) is 34.6 Å². The molecule has 10 nitrogen and oxygen atoms in total. The highest BCUT2D eigenvalue weighted by Crippen LogP contribution is 2.19. The van der Waals surface area contributed by atoms with E-state index in [-0.39, 0.29) is 0 Å². The van der Waals surface area contributed by atoms with Crippen LogP contribution < -0.4 is 0 Å². The van der Waals surface area contributed by atoms with Crippen molar-refractivity contribution in [1.29, 1.82) is 0 Å². The molecule has 0 aromatic heterocycles. The number of carbonyl (C=O) groups is 5. The van der Waals surface area contributed by atoms with E-state index in [4.69, 9.17) is 23.7 Å². The van der Waals surface area contributed by atoms with Crippen molar-refractivity contribution < 1.29 is 47.7 Å². The first-order chi connectivity index (χ1) is 11.9. The fourth-order valence-corrected chi connectivity index (χ4v) is 1.98. The Hall–Kier alpha value is -2.65. The van der Waals surface area contributed by atoms with E-state index in [1.807, 2.05) is 0 Å². The number of rotatable bonds is 9. The first kappa shape index (κ1) is 23.4. The first-order valence-electron chi connectivity index (χ1n) is 7.59. The van der Waals surface area contributed by atoms with Gasteiger partial charge in [-0.15, -0.1) is 0 Å². The van der Waals surface area contributed by atoms with Gasteiger partial charge in [0.25, 0.3) is 0 Å². The average Bonchev–Trinajstić information content (AvgIpc) is 2.45. The van der Waals surface area contributed by atoms with Gasteiger partial charge in [-0.05, 0) is 6.92 Å². The fraction of sp³-hybridized carbons (Fsp3) is 0.625. The summed E-state index contributed by atoms with van der Waals surface area (Å²) in [6, 6.07) is 0. The molecule has 0 fully saturated rings. The molecule has 0 aliphatic carbocycles. The molecule has 10 heteroatoms. The molecule has 0 heterocycles. The minimum atomic E-state index is -1.44. The molecule has 4 atom stereocenters. The van der Waals surface area contributed by atoms with Gasteiger partial charge in [-0.25, -0.2) is 0 Å². The van der Waals surface area contributed by atoms with E-state index < -0.39 is 60.9 Å². The van der Waals surface area contributed by atoms with E-state index >= 15 is 0 Å². The molecule has 0 amide bonds. The molecule has 0 saturated heterocycles. The SMILES string of the molecule is [CH2][C@H](OC(C)=O)[C@@H](OC(C)=O)[C@H](OC(C)=O)[C@@H](COC(C)=O)OC(C)=O. The van der Waals surface area contributed by atoms with Gasteiger partial charge in [0, 0.05) is 34.6 Å². The molecule has 0 rings (SSSR count). The van der Waals surface area contributed by atoms with Crippen LogP contribution in [0.15, 0.2) is 0 Å². The highest BCUT2D eigenvalue weighted by molar-refractivity contribution is 5.69. The Balaban J connectivity index is 5.80. The fourth-order valence-electron chi connectivity index (χ4n) is 1.98. The predicted molar refractivity (Wildman–Crippen MR) is 84.2 cm³/mol. The van der Waals surface area contributed by atoms with Crippen molar-refractivity contribution in [2.45, 2.75) is 59.0 Å². The molecule has 0 unspecified atom stereocenters. The van der Waals surface area contributed by atoms with E-state index in [1.165, 1.54) is 0 Å². The number of ether oxygens (including phenoxy) is 5. The normalized spacial score (nSPS) is 14.8. The van der Waals surface area contributed by atoms with E-state index in [1.54, 1.807) is 0 Å². The van der Waals surface area contributed by atoms with Crippen molar-refractivity contribution in [3.8, 4) is 0 Å². The molecule has 0 aromatic rings. The molecule has 0 N–H and O–H groups in total. The van der Waals surface area contributed by atoms with Gasteiger partial charge in [-0.1, -0.05) is 0 Å². The van der Waals surface area contributed by atoms with Gasteiger partial charge in [0.05, 0.1) is 0 Å². The van der Waals surface area contributed by atoms with Crippen molar-refractivity contribution in [2.75, 3.05) is 6.61 Å². The Labute approximate surface area is 151 Å². The van der Waals surface area contributed by atoms with E-state index in [0.29, 0.717) is 0 Å². The second-order valence-electron chi connectivity index (χ2n) is 5.25. The number of esters is 5. The minimum Gasteiger partial charge on any atom is -0.462 e. The van der Waals surface area contributed by atoms with Crippen LogP contribution in [0, 0.1) is 6.92 Å². The molecule has 0 spiro atoms. The van der Waals surface area contributed by atoms with Gasteiger partial charge in [0.1, 0.15) is 12.7 Å². The van der Waals surface area contributed by atoms with E-state index in [9.17, 15) is 24.0 Å². The quantitative estimate of drug-likeness (QED) is 0.404. The van der Waals surface area contributed by atoms with Crippen molar-refractivity contribution in [3.63, 3.8) is 0 Å². The average molecular weight is 375 g/mol. The third-order valence-corrected chi connectivity index (χ3v) is 2.75. The summed E-state index contributed by atoms with van der Waals surface area (Å²) < 4.78 is 24.9. The zero-order valence-corrected chi connectivity index (χ0v) is 15.3. The molecule has 26 heavy (non-hydrogen) atoms. The van der Waals surface area contributed by atoms with Crippen molar-refractivity contribution in [3.05, 3.63) is 6.92 Å². The summed E-state index contributed by atoms with van der Waals surface area (Å²) in [6.45, 7) is 8.52. The maximum atomic E-state index is 11.5. The van der Waals surface area contributed by atoms with Gasteiger partial charge in [0.2, 0.25) is 0 Å². The maximum absolute atomic E-state index is 11.5. The van der Waals surface area contributed by atoms with Gasteiger partial charge in [-0.3, -0.25) is 24.0 Å². The van der Waals surface area contributed by atoms with Crippen LogP contribution in [0.5, 0.6) is 0 Å². The third-order valence-electron chi connectivity index (χ3n) is 2.75. The molecule has 0 bridgehead atoms. The monoisotopic (exact) mass is 375 g/mol. The summed E-state index contributed by atoms with van der Waals surface area (Å²) in [7, 11) is 0.